The molecule has 6 heteroatoms. The first-order chi connectivity index (χ1) is 9.32. The highest BCUT2D eigenvalue weighted by molar-refractivity contribution is 7.98. The molecule has 0 saturated carbocycles. The molecule has 1 atom stereocenters. The van der Waals surface area contributed by atoms with E-state index in [2.05, 4.69) is 4.72 Å². The number of carboxylic acid groups (broad SMARTS) is 2. The Morgan fingerprint density at radius 1 is 1.20 bits per heavy atom. The summed E-state index contributed by atoms with van der Waals surface area (Å²) in [5.41, 5.74) is -1.96. The molecule has 0 spiro atoms. The summed E-state index contributed by atoms with van der Waals surface area (Å²) < 4.78 is 2.97. The van der Waals surface area contributed by atoms with E-state index in [4.69, 9.17) is 0 Å². The van der Waals surface area contributed by atoms with Crippen molar-refractivity contribution in [3.63, 3.8) is 0 Å². The highest BCUT2D eigenvalue weighted by Crippen LogP contribution is 2.49. The van der Waals surface area contributed by atoms with Crippen molar-refractivity contribution in [3.05, 3.63) is 35.9 Å². The Morgan fingerprint density at radius 3 is 2.25 bits per heavy atom. The van der Waals surface area contributed by atoms with Gasteiger partial charge in [-0.25, -0.2) is 0 Å². The summed E-state index contributed by atoms with van der Waals surface area (Å²) in [6, 6.07) is 9.34. The summed E-state index contributed by atoms with van der Waals surface area (Å²) in [4.78, 5) is 23.5. The SMILES string of the molecule is CC1(C)NSC(Cc2ccccc2)C1(C(=O)O)C(=O)O. The zero-order chi connectivity index (χ0) is 15.0. The zero-order valence-electron chi connectivity index (χ0n) is 11.3. The number of hydrogen-bond acceptors (Lipinski definition) is 4. The maximum absolute atomic E-state index is 11.7. The number of aliphatic carboxylic acids is 2. The molecule has 0 amide bonds. The molecular formula is C14H17NO4S. The molecule has 20 heavy (non-hydrogen) atoms. The van der Waals surface area contributed by atoms with E-state index in [1.54, 1.807) is 13.8 Å². The first kappa shape index (κ1) is 14.9. The van der Waals surface area contributed by atoms with E-state index < -0.39 is 28.1 Å². The number of rotatable bonds is 4. The van der Waals surface area contributed by atoms with Crippen LogP contribution in [-0.2, 0) is 16.0 Å². The molecule has 1 saturated heterocycles. The number of carbonyl (C=O) groups is 2. The molecule has 1 fully saturated rings. The van der Waals surface area contributed by atoms with Crippen LogP contribution in [0.5, 0.6) is 0 Å². The Bertz CT molecular complexity index is 515. The van der Waals surface area contributed by atoms with Gasteiger partial charge in [0.05, 0.1) is 10.8 Å². The molecular weight excluding hydrogens is 278 g/mol. The number of nitrogens with one attached hydrogen (secondary N) is 1. The Hall–Kier alpha value is -1.53. The van der Waals surface area contributed by atoms with Gasteiger partial charge in [-0.2, -0.15) is 0 Å². The van der Waals surface area contributed by atoms with Crippen LogP contribution in [0.4, 0.5) is 0 Å². The van der Waals surface area contributed by atoms with Crippen LogP contribution >= 0.6 is 11.9 Å². The lowest BCUT2D eigenvalue weighted by Crippen LogP contribution is -2.60. The third kappa shape index (κ3) is 2.09. The highest BCUT2D eigenvalue weighted by Gasteiger charge is 2.67. The van der Waals surface area contributed by atoms with Crippen LogP contribution in [-0.4, -0.2) is 32.9 Å². The smallest absolute Gasteiger partial charge is 0.324 e. The minimum Gasteiger partial charge on any atom is -0.480 e. The van der Waals surface area contributed by atoms with Gasteiger partial charge in [-0.15, -0.1) is 0 Å². The maximum atomic E-state index is 11.7. The van der Waals surface area contributed by atoms with Crippen molar-refractivity contribution in [1.29, 1.82) is 0 Å². The molecule has 1 aromatic rings. The molecule has 0 bridgehead atoms. The molecule has 1 aromatic carbocycles. The number of carboxylic acids is 2. The van der Waals surface area contributed by atoms with E-state index in [9.17, 15) is 19.8 Å². The van der Waals surface area contributed by atoms with E-state index >= 15 is 0 Å². The fourth-order valence-corrected chi connectivity index (χ4v) is 4.26. The van der Waals surface area contributed by atoms with E-state index in [1.807, 2.05) is 30.3 Å². The molecule has 108 valence electrons. The highest BCUT2D eigenvalue weighted by atomic mass is 32.2. The molecule has 1 heterocycles. The molecule has 1 aliphatic rings. The standard InChI is InChI=1S/C14H17NO4S/c1-13(2)14(11(16)17,12(18)19)10(20-15-13)8-9-6-4-3-5-7-9/h3-7,10,15H,8H2,1-2H3,(H,16,17)(H,18,19). The molecule has 1 unspecified atom stereocenters. The largest absolute Gasteiger partial charge is 0.480 e. The molecule has 0 aliphatic carbocycles. The van der Waals surface area contributed by atoms with E-state index in [0.717, 1.165) is 5.56 Å². The molecule has 0 radical (unpaired) electrons. The summed E-state index contributed by atoms with van der Waals surface area (Å²) in [6.45, 7) is 3.24. The minimum absolute atomic E-state index is 0.389. The van der Waals surface area contributed by atoms with Crippen LogP contribution in [0.25, 0.3) is 0 Å². The van der Waals surface area contributed by atoms with Crippen molar-refractivity contribution in [2.45, 2.75) is 31.1 Å². The topological polar surface area (TPSA) is 86.6 Å². The molecule has 1 aliphatic heterocycles. The monoisotopic (exact) mass is 295 g/mol. The predicted octanol–water partition coefficient (Wildman–Crippen LogP) is 1.78. The van der Waals surface area contributed by atoms with Gasteiger partial charge >= 0.3 is 11.9 Å². The van der Waals surface area contributed by atoms with Gasteiger partial charge in [0.15, 0.2) is 5.41 Å². The number of hydrogen-bond donors (Lipinski definition) is 3. The third-order valence-electron chi connectivity index (χ3n) is 3.86. The van der Waals surface area contributed by atoms with Crippen molar-refractivity contribution in [1.82, 2.24) is 4.72 Å². The van der Waals surface area contributed by atoms with Crippen LogP contribution in [0.3, 0.4) is 0 Å². The molecule has 5 nitrogen and oxygen atoms in total. The summed E-state index contributed by atoms with van der Waals surface area (Å²) >= 11 is 1.20. The molecule has 2 rings (SSSR count). The second-order valence-corrected chi connectivity index (χ2v) is 6.45. The minimum atomic E-state index is -1.85. The normalized spacial score (nSPS) is 23.4. The van der Waals surface area contributed by atoms with Crippen molar-refractivity contribution < 1.29 is 19.8 Å². The Labute approximate surface area is 121 Å². The average Bonchev–Trinajstić information content (AvgIpc) is 2.62. The molecule has 0 aromatic heterocycles. The summed E-state index contributed by atoms with van der Waals surface area (Å²) in [5, 5.41) is 18.6. The van der Waals surface area contributed by atoms with Gasteiger partial charge in [0, 0.05) is 0 Å². The first-order valence-electron chi connectivity index (χ1n) is 6.26. The fourth-order valence-electron chi connectivity index (χ4n) is 2.71. The van der Waals surface area contributed by atoms with E-state index in [0.29, 0.717) is 6.42 Å². The summed E-state index contributed by atoms with van der Waals surface area (Å²) in [5.74, 6) is -2.60. The average molecular weight is 295 g/mol. The maximum Gasteiger partial charge on any atom is 0.324 e. The van der Waals surface area contributed by atoms with Gasteiger partial charge < -0.3 is 10.2 Å². The lowest BCUT2D eigenvalue weighted by Gasteiger charge is -2.35. The van der Waals surface area contributed by atoms with Gasteiger partial charge in [-0.3, -0.25) is 14.3 Å². The van der Waals surface area contributed by atoms with Crippen LogP contribution in [0.1, 0.15) is 19.4 Å². The second kappa shape index (κ2) is 5.10. The quantitative estimate of drug-likeness (QED) is 0.580. The zero-order valence-corrected chi connectivity index (χ0v) is 12.1. The van der Waals surface area contributed by atoms with Crippen molar-refractivity contribution in [2.24, 2.45) is 5.41 Å². The van der Waals surface area contributed by atoms with E-state index in [1.165, 1.54) is 11.9 Å². The van der Waals surface area contributed by atoms with Crippen molar-refractivity contribution >= 4 is 23.9 Å². The van der Waals surface area contributed by atoms with Crippen LogP contribution in [0.2, 0.25) is 0 Å². The fraction of sp³-hybridized carbons (Fsp3) is 0.429. The Kier molecular flexibility index (Phi) is 3.80. The number of benzene rings is 1. The van der Waals surface area contributed by atoms with Crippen molar-refractivity contribution in [2.75, 3.05) is 0 Å². The predicted molar refractivity (Wildman–Crippen MR) is 76.4 cm³/mol. The van der Waals surface area contributed by atoms with E-state index in [-0.39, 0.29) is 0 Å². The second-order valence-electron chi connectivity index (χ2n) is 5.44. The Morgan fingerprint density at radius 2 is 1.75 bits per heavy atom. The van der Waals surface area contributed by atoms with Crippen LogP contribution < -0.4 is 4.72 Å². The summed E-state index contributed by atoms with van der Waals surface area (Å²) in [7, 11) is 0. The lowest BCUT2D eigenvalue weighted by molar-refractivity contribution is -0.169. The van der Waals surface area contributed by atoms with Gasteiger partial charge in [0.25, 0.3) is 0 Å². The van der Waals surface area contributed by atoms with Gasteiger partial charge in [-0.1, -0.05) is 42.3 Å². The van der Waals surface area contributed by atoms with Gasteiger partial charge in [-0.05, 0) is 25.8 Å². The van der Waals surface area contributed by atoms with Crippen molar-refractivity contribution in [3.8, 4) is 0 Å². The Balaban J connectivity index is 2.42. The van der Waals surface area contributed by atoms with Gasteiger partial charge in [0.1, 0.15) is 0 Å². The lowest BCUT2D eigenvalue weighted by atomic mass is 9.68. The third-order valence-corrected chi connectivity index (χ3v) is 5.30. The van der Waals surface area contributed by atoms with Crippen LogP contribution in [0, 0.1) is 5.41 Å². The molecule has 3 N–H and O–H groups in total. The summed E-state index contributed by atoms with van der Waals surface area (Å²) in [6.07, 6.45) is 0.389. The van der Waals surface area contributed by atoms with Gasteiger partial charge in [0.2, 0.25) is 0 Å². The van der Waals surface area contributed by atoms with Crippen LogP contribution in [0.15, 0.2) is 30.3 Å². The first-order valence-corrected chi connectivity index (χ1v) is 7.14.